The number of nitrogens with zero attached hydrogens (tertiary/aromatic N) is 2. The molecule has 4 nitrogen and oxygen atoms in total. The van der Waals surface area contributed by atoms with E-state index < -0.39 is 11.7 Å². The molecule has 2 heterocycles. The molecule has 0 bridgehead atoms. The molecule has 0 spiro atoms. The first-order valence-corrected chi connectivity index (χ1v) is 8.23. The molecule has 0 aliphatic carbocycles. The minimum absolute atomic E-state index is 0.0637. The van der Waals surface area contributed by atoms with Crippen LogP contribution in [0.25, 0.3) is 0 Å². The molecule has 1 aromatic carbocycles. The van der Waals surface area contributed by atoms with Gasteiger partial charge in [0.2, 0.25) is 0 Å². The third-order valence-electron chi connectivity index (χ3n) is 3.54. The van der Waals surface area contributed by atoms with Crippen LogP contribution in [0.3, 0.4) is 0 Å². The molecule has 1 fully saturated rings. The standard InChI is InChI=1S/C16H16F3N3OS/c17-16(18,19)13-3-1-2-4-14(13)21-20-11-12-5-6-15(24-12)22-7-9-23-10-8-22/h1-6,11,21H,7-10H2/b20-11+. The minimum atomic E-state index is -4.41. The number of benzene rings is 1. The number of rotatable bonds is 4. The first-order chi connectivity index (χ1) is 11.5. The average Bonchev–Trinajstić information content (AvgIpc) is 3.04. The normalized spacial score (nSPS) is 15.9. The summed E-state index contributed by atoms with van der Waals surface area (Å²) in [5, 5.41) is 5.04. The molecule has 0 amide bonds. The summed E-state index contributed by atoms with van der Waals surface area (Å²) in [6, 6.07) is 9.16. The first kappa shape index (κ1) is 16.8. The van der Waals surface area contributed by atoms with Crippen LogP contribution in [-0.2, 0) is 10.9 Å². The third-order valence-corrected chi connectivity index (χ3v) is 4.63. The third kappa shape index (κ3) is 4.07. The van der Waals surface area contributed by atoms with Crippen LogP contribution in [0.1, 0.15) is 10.4 Å². The van der Waals surface area contributed by atoms with E-state index in [0.29, 0.717) is 13.2 Å². The Morgan fingerprint density at radius 2 is 1.88 bits per heavy atom. The zero-order valence-electron chi connectivity index (χ0n) is 12.7. The summed E-state index contributed by atoms with van der Waals surface area (Å²) >= 11 is 1.54. The van der Waals surface area contributed by atoms with Gasteiger partial charge in [-0.15, -0.1) is 11.3 Å². The Balaban J connectivity index is 1.66. The molecule has 1 saturated heterocycles. The number of alkyl halides is 3. The summed E-state index contributed by atoms with van der Waals surface area (Å²) in [6.45, 7) is 3.09. The van der Waals surface area contributed by atoms with E-state index in [1.54, 1.807) is 11.3 Å². The van der Waals surface area contributed by atoms with E-state index in [1.807, 2.05) is 12.1 Å². The number of hydrazone groups is 1. The molecule has 1 aromatic heterocycles. The fourth-order valence-electron chi connectivity index (χ4n) is 2.36. The van der Waals surface area contributed by atoms with Crippen molar-refractivity contribution < 1.29 is 17.9 Å². The second kappa shape index (κ2) is 7.23. The molecular formula is C16H16F3N3OS. The van der Waals surface area contributed by atoms with Crippen molar-refractivity contribution in [2.75, 3.05) is 36.6 Å². The van der Waals surface area contributed by atoms with Crippen molar-refractivity contribution >= 4 is 28.2 Å². The lowest BCUT2D eigenvalue weighted by atomic mass is 10.2. The number of thiophene rings is 1. The van der Waals surface area contributed by atoms with Crippen molar-refractivity contribution in [1.82, 2.24) is 0 Å². The maximum Gasteiger partial charge on any atom is 0.418 e. The lowest BCUT2D eigenvalue weighted by Gasteiger charge is -2.27. The van der Waals surface area contributed by atoms with Crippen LogP contribution in [-0.4, -0.2) is 32.5 Å². The van der Waals surface area contributed by atoms with Crippen molar-refractivity contribution in [1.29, 1.82) is 0 Å². The Kier molecular flexibility index (Phi) is 5.06. The molecule has 0 unspecified atom stereocenters. The van der Waals surface area contributed by atoms with Gasteiger partial charge in [0.15, 0.2) is 0 Å². The second-order valence-electron chi connectivity index (χ2n) is 5.19. The summed E-state index contributed by atoms with van der Waals surface area (Å²) < 4.78 is 44.0. The summed E-state index contributed by atoms with van der Waals surface area (Å²) in [5.74, 6) is 0. The minimum Gasteiger partial charge on any atom is -0.378 e. The lowest BCUT2D eigenvalue weighted by Crippen LogP contribution is -2.35. The van der Waals surface area contributed by atoms with Gasteiger partial charge in [0.05, 0.1) is 35.7 Å². The van der Waals surface area contributed by atoms with Gasteiger partial charge in [-0.2, -0.15) is 18.3 Å². The number of para-hydroxylation sites is 1. The van der Waals surface area contributed by atoms with Crippen molar-refractivity contribution in [3.63, 3.8) is 0 Å². The Hall–Kier alpha value is -2.06. The number of morpholine rings is 1. The Morgan fingerprint density at radius 3 is 2.62 bits per heavy atom. The van der Waals surface area contributed by atoms with Crippen LogP contribution in [0, 0.1) is 0 Å². The lowest BCUT2D eigenvalue weighted by molar-refractivity contribution is -0.136. The van der Waals surface area contributed by atoms with Crippen molar-refractivity contribution in [2.45, 2.75) is 6.18 Å². The van der Waals surface area contributed by atoms with E-state index in [1.165, 1.54) is 24.4 Å². The van der Waals surface area contributed by atoms with Crippen LogP contribution in [0.5, 0.6) is 0 Å². The molecule has 8 heteroatoms. The van der Waals surface area contributed by atoms with E-state index in [0.717, 1.165) is 29.0 Å². The summed E-state index contributed by atoms with van der Waals surface area (Å²) in [6.07, 6.45) is -2.88. The van der Waals surface area contributed by atoms with Crippen molar-refractivity contribution in [2.24, 2.45) is 5.10 Å². The van der Waals surface area contributed by atoms with Gasteiger partial charge in [-0.1, -0.05) is 12.1 Å². The molecule has 2 aromatic rings. The van der Waals surface area contributed by atoms with Crippen LogP contribution >= 0.6 is 11.3 Å². The van der Waals surface area contributed by atoms with Gasteiger partial charge in [-0.3, -0.25) is 5.43 Å². The van der Waals surface area contributed by atoms with E-state index in [2.05, 4.69) is 15.4 Å². The van der Waals surface area contributed by atoms with E-state index >= 15 is 0 Å². The molecule has 128 valence electrons. The van der Waals surface area contributed by atoms with Crippen LogP contribution in [0.4, 0.5) is 23.9 Å². The average molecular weight is 355 g/mol. The first-order valence-electron chi connectivity index (χ1n) is 7.42. The highest BCUT2D eigenvalue weighted by Gasteiger charge is 2.33. The summed E-state index contributed by atoms with van der Waals surface area (Å²) in [5.41, 5.74) is 1.68. The molecular weight excluding hydrogens is 339 g/mol. The van der Waals surface area contributed by atoms with Gasteiger partial charge in [0.25, 0.3) is 0 Å². The largest absolute Gasteiger partial charge is 0.418 e. The molecule has 0 atom stereocenters. The zero-order valence-corrected chi connectivity index (χ0v) is 13.5. The number of hydrogen-bond donors (Lipinski definition) is 1. The monoisotopic (exact) mass is 355 g/mol. The zero-order chi connectivity index (χ0) is 17.0. The topological polar surface area (TPSA) is 36.9 Å². The molecule has 1 aliphatic rings. The molecule has 1 N–H and O–H groups in total. The molecule has 0 radical (unpaired) electrons. The Morgan fingerprint density at radius 1 is 1.12 bits per heavy atom. The summed E-state index contributed by atoms with van der Waals surface area (Å²) in [7, 11) is 0. The highest BCUT2D eigenvalue weighted by molar-refractivity contribution is 7.17. The summed E-state index contributed by atoms with van der Waals surface area (Å²) in [4.78, 5) is 3.09. The van der Waals surface area contributed by atoms with Crippen molar-refractivity contribution in [3.05, 3.63) is 46.8 Å². The maximum atomic E-state index is 12.9. The van der Waals surface area contributed by atoms with Crippen LogP contribution in [0.2, 0.25) is 0 Å². The van der Waals surface area contributed by atoms with Gasteiger partial charge in [-0.25, -0.2) is 0 Å². The van der Waals surface area contributed by atoms with Gasteiger partial charge >= 0.3 is 6.18 Å². The SMILES string of the molecule is FC(F)(F)c1ccccc1N/N=C/c1ccc(N2CCOCC2)s1. The Bertz CT molecular complexity index is 709. The second-order valence-corrected chi connectivity index (χ2v) is 6.28. The fraction of sp³-hybridized carbons (Fsp3) is 0.312. The highest BCUT2D eigenvalue weighted by atomic mass is 32.1. The van der Waals surface area contributed by atoms with E-state index in [-0.39, 0.29) is 5.69 Å². The number of halogens is 3. The number of anilines is 2. The van der Waals surface area contributed by atoms with Gasteiger partial charge < -0.3 is 9.64 Å². The Labute approximate surface area is 141 Å². The number of hydrogen-bond acceptors (Lipinski definition) is 5. The molecule has 1 aliphatic heterocycles. The quantitative estimate of drug-likeness (QED) is 0.664. The molecule has 24 heavy (non-hydrogen) atoms. The number of nitrogens with one attached hydrogen (secondary N) is 1. The maximum absolute atomic E-state index is 12.9. The predicted octanol–water partition coefficient (Wildman–Crippen LogP) is 4.05. The number of ether oxygens (including phenoxy) is 1. The highest BCUT2D eigenvalue weighted by Crippen LogP contribution is 2.34. The van der Waals surface area contributed by atoms with Crippen LogP contribution in [0.15, 0.2) is 41.5 Å². The smallest absolute Gasteiger partial charge is 0.378 e. The van der Waals surface area contributed by atoms with E-state index in [4.69, 9.17) is 4.74 Å². The molecule has 3 rings (SSSR count). The van der Waals surface area contributed by atoms with Crippen LogP contribution < -0.4 is 10.3 Å². The van der Waals surface area contributed by atoms with E-state index in [9.17, 15) is 13.2 Å². The van der Waals surface area contributed by atoms with Crippen molar-refractivity contribution in [3.8, 4) is 0 Å². The van der Waals surface area contributed by atoms with Gasteiger partial charge in [0.1, 0.15) is 0 Å². The fourth-order valence-corrected chi connectivity index (χ4v) is 3.29. The van der Waals surface area contributed by atoms with Gasteiger partial charge in [0, 0.05) is 18.0 Å². The van der Waals surface area contributed by atoms with Gasteiger partial charge in [-0.05, 0) is 24.3 Å². The predicted molar refractivity (Wildman–Crippen MR) is 90.0 cm³/mol. The molecule has 0 saturated carbocycles.